The van der Waals surface area contributed by atoms with Gasteiger partial charge in [-0.15, -0.1) is 0 Å². The number of nitrogens with zero attached hydrogens (tertiary/aromatic N) is 2. The molecule has 0 spiro atoms. The van der Waals surface area contributed by atoms with Gasteiger partial charge in [0.25, 0.3) is 0 Å². The molecule has 0 saturated heterocycles. The van der Waals surface area contributed by atoms with E-state index in [4.69, 9.17) is 4.74 Å². The highest BCUT2D eigenvalue weighted by Crippen LogP contribution is 2.42. The molecule has 1 heterocycles. The van der Waals surface area contributed by atoms with Crippen LogP contribution in [0, 0.1) is 23.5 Å². The lowest BCUT2D eigenvalue weighted by atomic mass is 9.99. The summed E-state index contributed by atoms with van der Waals surface area (Å²) in [6, 6.07) is 12.4. The molecular weight excluding hydrogens is 452 g/mol. The number of alkyl carbamates (subject to hydrolysis) is 1. The van der Waals surface area contributed by atoms with Gasteiger partial charge < -0.3 is 19.9 Å². The van der Waals surface area contributed by atoms with Crippen LogP contribution in [-0.4, -0.2) is 62.1 Å². The molecule has 0 unspecified atom stereocenters. The van der Waals surface area contributed by atoms with Crippen LogP contribution in [0.4, 0.5) is 13.6 Å². The Labute approximate surface area is 204 Å². The minimum absolute atomic E-state index is 0.113. The van der Waals surface area contributed by atoms with Gasteiger partial charge in [-0.3, -0.25) is 4.79 Å². The minimum Gasteiger partial charge on any atom is -0.448 e. The maximum atomic E-state index is 14.6. The van der Waals surface area contributed by atoms with Crippen molar-refractivity contribution in [1.29, 1.82) is 0 Å². The van der Waals surface area contributed by atoms with Crippen LogP contribution in [0.15, 0.2) is 54.6 Å². The first kappa shape index (κ1) is 24.9. The normalized spacial score (nSPS) is 18.4. The molecule has 1 saturated carbocycles. The second kappa shape index (κ2) is 11.0. The quantitative estimate of drug-likeness (QED) is 0.580. The van der Waals surface area contributed by atoms with Gasteiger partial charge >= 0.3 is 6.09 Å². The van der Waals surface area contributed by atoms with Crippen molar-refractivity contribution in [1.82, 2.24) is 15.1 Å². The zero-order valence-electron chi connectivity index (χ0n) is 20.0. The van der Waals surface area contributed by atoms with E-state index in [2.05, 4.69) is 5.32 Å². The highest BCUT2D eigenvalue weighted by molar-refractivity contribution is 5.86. The van der Waals surface area contributed by atoms with Crippen LogP contribution >= 0.6 is 0 Å². The third-order valence-electron chi connectivity index (χ3n) is 6.48. The van der Waals surface area contributed by atoms with Gasteiger partial charge in [0.2, 0.25) is 5.91 Å². The van der Waals surface area contributed by atoms with Crippen LogP contribution in [-0.2, 0) is 9.53 Å². The minimum atomic E-state index is -0.549. The molecule has 8 heteroatoms. The van der Waals surface area contributed by atoms with Crippen molar-refractivity contribution < 1.29 is 23.1 Å². The Hall–Kier alpha value is -3.26. The van der Waals surface area contributed by atoms with Crippen molar-refractivity contribution in [3.63, 3.8) is 0 Å². The number of ether oxygens (including phenoxy) is 1. The molecule has 0 bridgehead atoms. The van der Waals surface area contributed by atoms with E-state index < -0.39 is 29.7 Å². The lowest BCUT2D eigenvalue weighted by Gasteiger charge is -2.29. The second-order valence-corrected chi connectivity index (χ2v) is 9.40. The second-order valence-electron chi connectivity index (χ2n) is 9.40. The summed E-state index contributed by atoms with van der Waals surface area (Å²) in [7, 11) is 3.78. The van der Waals surface area contributed by atoms with Crippen molar-refractivity contribution >= 4 is 17.6 Å². The van der Waals surface area contributed by atoms with Crippen LogP contribution in [0.25, 0.3) is 5.57 Å². The van der Waals surface area contributed by atoms with Gasteiger partial charge in [0, 0.05) is 25.2 Å². The zero-order valence-corrected chi connectivity index (χ0v) is 20.0. The predicted octanol–water partition coefficient (Wildman–Crippen LogP) is 4.25. The molecule has 4 rings (SSSR count). The first-order chi connectivity index (χ1) is 16.8. The number of nitrogens with one attached hydrogen (secondary N) is 1. The lowest BCUT2D eigenvalue weighted by Crippen LogP contribution is -2.43. The van der Waals surface area contributed by atoms with Crippen LogP contribution in [0.3, 0.4) is 0 Å². The third kappa shape index (κ3) is 6.25. The van der Waals surface area contributed by atoms with E-state index in [9.17, 15) is 18.4 Å². The molecule has 1 fully saturated rings. The van der Waals surface area contributed by atoms with E-state index in [1.807, 2.05) is 55.4 Å². The Morgan fingerprint density at radius 3 is 2.57 bits per heavy atom. The molecule has 2 amide bonds. The molecule has 1 N–H and O–H groups in total. The van der Waals surface area contributed by atoms with Crippen LogP contribution in [0.1, 0.15) is 30.0 Å². The smallest absolute Gasteiger partial charge is 0.407 e. The number of rotatable bonds is 9. The van der Waals surface area contributed by atoms with E-state index in [0.717, 1.165) is 30.5 Å². The predicted molar refractivity (Wildman–Crippen MR) is 129 cm³/mol. The number of benzene rings is 2. The number of amides is 2. The van der Waals surface area contributed by atoms with E-state index in [0.29, 0.717) is 12.1 Å². The monoisotopic (exact) mass is 483 g/mol. The van der Waals surface area contributed by atoms with Gasteiger partial charge in [0.1, 0.15) is 18.2 Å². The van der Waals surface area contributed by atoms with Crippen LogP contribution < -0.4 is 5.32 Å². The Morgan fingerprint density at radius 1 is 1.14 bits per heavy atom. The molecule has 6 nitrogen and oxygen atoms in total. The molecule has 0 aromatic heterocycles. The zero-order chi connectivity index (χ0) is 24.9. The Balaban J connectivity index is 1.52. The molecule has 2 atom stereocenters. The molecule has 186 valence electrons. The van der Waals surface area contributed by atoms with Crippen molar-refractivity contribution in [3.8, 4) is 0 Å². The Morgan fingerprint density at radius 2 is 1.89 bits per heavy atom. The maximum Gasteiger partial charge on any atom is 0.407 e. The number of halogens is 2. The summed E-state index contributed by atoms with van der Waals surface area (Å²) in [5.41, 5.74) is 1.61. The first-order valence-electron chi connectivity index (χ1n) is 11.9. The van der Waals surface area contributed by atoms with Crippen LogP contribution in [0.5, 0.6) is 0 Å². The topological polar surface area (TPSA) is 61.9 Å². The van der Waals surface area contributed by atoms with E-state index >= 15 is 0 Å². The Bertz CT molecular complexity index is 1090. The Kier molecular flexibility index (Phi) is 7.80. The number of carbonyl (C=O) groups is 2. The highest BCUT2D eigenvalue weighted by atomic mass is 19.1. The number of carbonyl (C=O) groups excluding carboxylic acids is 2. The summed E-state index contributed by atoms with van der Waals surface area (Å²) in [4.78, 5) is 29.5. The number of hydrogen-bond acceptors (Lipinski definition) is 4. The molecular formula is C27H31F2N3O3. The molecule has 35 heavy (non-hydrogen) atoms. The fourth-order valence-corrected chi connectivity index (χ4v) is 4.41. The molecule has 1 aliphatic heterocycles. The summed E-state index contributed by atoms with van der Waals surface area (Å²) in [5.74, 6) is -1.41. The van der Waals surface area contributed by atoms with Crippen molar-refractivity contribution in [2.24, 2.45) is 11.8 Å². The molecule has 0 radical (unpaired) electrons. The van der Waals surface area contributed by atoms with Gasteiger partial charge in [-0.25, -0.2) is 13.6 Å². The average Bonchev–Trinajstić information content (AvgIpc) is 3.58. The van der Waals surface area contributed by atoms with E-state index in [1.54, 1.807) is 4.90 Å². The largest absolute Gasteiger partial charge is 0.448 e. The summed E-state index contributed by atoms with van der Waals surface area (Å²) < 4.78 is 33.7. The van der Waals surface area contributed by atoms with Crippen molar-refractivity contribution in [3.05, 3.63) is 77.4 Å². The molecule has 2 aliphatic rings. The SMILES string of the molecule is CN(C)CCOC(=O)NC[C@H](C(=O)N1CC(c2cc(F)ccc2F)=C[C@H]1c1ccccc1)C1CC1. The van der Waals surface area contributed by atoms with Gasteiger partial charge in [-0.2, -0.15) is 0 Å². The summed E-state index contributed by atoms with van der Waals surface area (Å²) in [5, 5.41) is 2.74. The average molecular weight is 484 g/mol. The molecule has 2 aromatic rings. The third-order valence-corrected chi connectivity index (χ3v) is 6.48. The first-order valence-corrected chi connectivity index (χ1v) is 11.9. The van der Waals surface area contributed by atoms with E-state index in [-0.39, 0.29) is 37.1 Å². The number of likely N-dealkylation sites (N-methyl/N-ethyl adjacent to an activating group) is 1. The van der Waals surface area contributed by atoms with E-state index in [1.165, 1.54) is 6.07 Å². The fraction of sp³-hybridized carbons (Fsp3) is 0.407. The lowest BCUT2D eigenvalue weighted by molar-refractivity contribution is -0.136. The van der Waals surface area contributed by atoms with Gasteiger partial charge in [-0.05, 0) is 62.2 Å². The summed E-state index contributed by atoms with van der Waals surface area (Å²) in [6.45, 7) is 1.20. The summed E-state index contributed by atoms with van der Waals surface area (Å²) in [6.07, 6.45) is 3.11. The van der Waals surface area contributed by atoms with Crippen molar-refractivity contribution in [2.75, 3.05) is 40.3 Å². The highest BCUT2D eigenvalue weighted by Gasteiger charge is 2.42. The van der Waals surface area contributed by atoms with Gasteiger partial charge in [0.15, 0.2) is 0 Å². The van der Waals surface area contributed by atoms with Gasteiger partial charge in [-0.1, -0.05) is 36.4 Å². The standard InChI is InChI=1S/C27H31F2N3O3/c1-31(2)12-13-35-27(34)30-16-23(18-8-9-18)26(33)32-17-20(22-15-21(28)10-11-24(22)29)14-25(32)19-6-4-3-5-7-19/h3-7,10-11,14-15,18,23,25H,8-9,12-13,16-17H2,1-2H3,(H,30,34)/t23-,25-/m0/s1. The summed E-state index contributed by atoms with van der Waals surface area (Å²) >= 11 is 0. The maximum absolute atomic E-state index is 14.6. The van der Waals surface area contributed by atoms with Crippen LogP contribution in [0.2, 0.25) is 0 Å². The fourth-order valence-electron chi connectivity index (χ4n) is 4.41. The molecule has 2 aromatic carbocycles. The van der Waals surface area contributed by atoms with Crippen molar-refractivity contribution in [2.45, 2.75) is 18.9 Å². The van der Waals surface area contributed by atoms with Gasteiger partial charge in [0.05, 0.1) is 12.0 Å². The number of hydrogen-bond donors (Lipinski definition) is 1. The molecule has 1 aliphatic carbocycles.